The molecule has 1 aliphatic rings. The number of ether oxygens (including phenoxy) is 2. The van der Waals surface area contributed by atoms with Crippen molar-refractivity contribution in [2.45, 2.75) is 19.5 Å². The number of carbonyl (C=O) groups is 2. The number of furan rings is 1. The number of benzene rings is 2. The predicted octanol–water partition coefficient (Wildman–Crippen LogP) is 4.47. The maximum atomic E-state index is 13.2. The van der Waals surface area contributed by atoms with E-state index in [9.17, 15) is 14.7 Å². The Morgan fingerprint density at radius 1 is 1.09 bits per heavy atom. The van der Waals surface area contributed by atoms with Gasteiger partial charge in [-0.1, -0.05) is 36.4 Å². The summed E-state index contributed by atoms with van der Waals surface area (Å²) in [5.41, 5.74) is 1.43. The standard InChI is InChI=1S/C25H23NO6/c1-3-31-18-12-11-17(14-20(18)30-2)22-21(23(27)19-10-7-13-32-19)24(28)25(29)26(22)15-16-8-5-4-6-9-16/h4-14,22,28H,3,15H2,1-2H3. The smallest absolute Gasteiger partial charge is 0.290 e. The van der Waals surface area contributed by atoms with Gasteiger partial charge in [0.25, 0.3) is 5.91 Å². The van der Waals surface area contributed by atoms with Crippen molar-refractivity contribution in [2.24, 2.45) is 0 Å². The summed E-state index contributed by atoms with van der Waals surface area (Å²) in [7, 11) is 1.52. The summed E-state index contributed by atoms with van der Waals surface area (Å²) in [5, 5.41) is 10.7. The molecule has 1 amide bonds. The highest BCUT2D eigenvalue weighted by Gasteiger charge is 2.44. The summed E-state index contributed by atoms with van der Waals surface area (Å²) in [6.07, 6.45) is 1.37. The first-order valence-corrected chi connectivity index (χ1v) is 10.2. The highest BCUT2D eigenvalue weighted by Crippen LogP contribution is 2.42. The number of hydrogen-bond donors (Lipinski definition) is 1. The fourth-order valence-electron chi connectivity index (χ4n) is 3.84. The van der Waals surface area contributed by atoms with Crippen LogP contribution in [-0.2, 0) is 11.3 Å². The molecule has 7 heteroatoms. The first-order valence-electron chi connectivity index (χ1n) is 10.2. The van der Waals surface area contributed by atoms with E-state index in [4.69, 9.17) is 13.9 Å². The molecular formula is C25H23NO6. The van der Waals surface area contributed by atoms with Crippen LogP contribution >= 0.6 is 0 Å². The average Bonchev–Trinajstić information content (AvgIpc) is 3.43. The van der Waals surface area contributed by atoms with Crippen molar-refractivity contribution in [3.63, 3.8) is 0 Å². The third kappa shape index (κ3) is 3.85. The molecule has 7 nitrogen and oxygen atoms in total. The van der Waals surface area contributed by atoms with Crippen LogP contribution in [0, 0.1) is 0 Å². The van der Waals surface area contributed by atoms with Crippen LogP contribution in [0.1, 0.15) is 34.6 Å². The van der Waals surface area contributed by atoms with Gasteiger partial charge in [-0.15, -0.1) is 0 Å². The molecule has 4 rings (SSSR count). The zero-order chi connectivity index (χ0) is 22.7. The quantitative estimate of drug-likeness (QED) is 0.528. The minimum atomic E-state index is -0.829. The summed E-state index contributed by atoms with van der Waals surface area (Å²) >= 11 is 0. The predicted molar refractivity (Wildman–Crippen MR) is 117 cm³/mol. The molecule has 0 saturated heterocycles. The molecule has 1 aliphatic heterocycles. The lowest BCUT2D eigenvalue weighted by Crippen LogP contribution is -2.30. The van der Waals surface area contributed by atoms with Gasteiger partial charge in [0, 0.05) is 6.54 Å². The molecule has 0 radical (unpaired) electrons. The van der Waals surface area contributed by atoms with E-state index in [2.05, 4.69) is 0 Å². The number of aliphatic hydroxyl groups excluding tert-OH is 1. The number of carbonyl (C=O) groups excluding carboxylic acids is 2. The van der Waals surface area contributed by atoms with Crippen molar-refractivity contribution >= 4 is 11.7 Å². The average molecular weight is 433 g/mol. The Kier molecular flexibility index (Phi) is 5.98. The summed E-state index contributed by atoms with van der Waals surface area (Å²) in [6.45, 7) is 2.53. The van der Waals surface area contributed by atoms with Crippen LogP contribution in [0.2, 0.25) is 0 Å². The number of aliphatic hydroxyl groups is 1. The van der Waals surface area contributed by atoms with Gasteiger partial charge >= 0.3 is 0 Å². The molecule has 0 bridgehead atoms. The van der Waals surface area contributed by atoms with Crippen LogP contribution in [0.3, 0.4) is 0 Å². The number of nitrogens with zero attached hydrogens (tertiary/aromatic N) is 1. The van der Waals surface area contributed by atoms with Crippen LogP contribution in [0.25, 0.3) is 0 Å². The molecule has 1 N–H and O–H groups in total. The maximum Gasteiger partial charge on any atom is 0.290 e. The molecule has 1 aromatic heterocycles. The molecule has 1 unspecified atom stereocenters. The van der Waals surface area contributed by atoms with E-state index < -0.39 is 23.5 Å². The van der Waals surface area contributed by atoms with Crippen molar-refractivity contribution in [3.8, 4) is 11.5 Å². The Balaban J connectivity index is 1.81. The molecule has 0 saturated carbocycles. The fraction of sp³-hybridized carbons (Fsp3) is 0.200. The summed E-state index contributed by atoms with van der Waals surface area (Å²) in [6, 6.07) is 16.8. The molecule has 0 spiro atoms. The SMILES string of the molecule is CCOc1ccc(C2C(C(=O)c3ccco3)=C(O)C(=O)N2Cc2ccccc2)cc1OC. The molecule has 1 atom stereocenters. The van der Waals surface area contributed by atoms with Crippen molar-refractivity contribution in [1.29, 1.82) is 0 Å². The first-order chi connectivity index (χ1) is 15.5. The molecule has 2 heterocycles. The van der Waals surface area contributed by atoms with Gasteiger partial charge in [-0.25, -0.2) is 0 Å². The number of amides is 1. The van der Waals surface area contributed by atoms with E-state index in [1.54, 1.807) is 24.3 Å². The van der Waals surface area contributed by atoms with E-state index >= 15 is 0 Å². The Morgan fingerprint density at radius 3 is 2.53 bits per heavy atom. The van der Waals surface area contributed by atoms with E-state index in [0.717, 1.165) is 5.56 Å². The lowest BCUT2D eigenvalue weighted by Gasteiger charge is -2.27. The molecule has 0 fully saturated rings. The summed E-state index contributed by atoms with van der Waals surface area (Å²) < 4.78 is 16.3. The molecule has 164 valence electrons. The lowest BCUT2D eigenvalue weighted by molar-refractivity contribution is -0.130. The van der Waals surface area contributed by atoms with Gasteiger partial charge < -0.3 is 23.9 Å². The number of rotatable bonds is 8. The van der Waals surface area contributed by atoms with Gasteiger partial charge in [0.15, 0.2) is 23.0 Å². The van der Waals surface area contributed by atoms with Crippen molar-refractivity contribution in [3.05, 3.63) is 95.1 Å². The van der Waals surface area contributed by atoms with Gasteiger partial charge in [-0.2, -0.15) is 0 Å². The Bertz CT molecular complexity index is 1150. The van der Waals surface area contributed by atoms with Crippen LogP contribution in [0.5, 0.6) is 11.5 Å². The monoisotopic (exact) mass is 433 g/mol. The summed E-state index contributed by atoms with van der Waals surface area (Å²) in [4.78, 5) is 27.8. The van der Waals surface area contributed by atoms with Crippen molar-refractivity contribution < 1.29 is 28.6 Å². The van der Waals surface area contributed by atoms with Crippen molar-refractivity contribution in [1.82, 2.24) is 4.90 Å². The van der Waals surface area contributed by atoms with Gasteiger partial charge in [-0.3, -0.25) is 9.59 Å². The van der Waals surface area contributed by atoms with E-state index in [-0.39, 0.29) is 17.9 Å². The highest BCUT2D eigenvalue weighted by molar-refractivity contribution is 6.15. The third-order valence-electron chi connectivity index (χ3n) is 5.29. The lowest BCUT2D eigenvalue weighted by atomic mass is 9.94. The van der Waals surface area contributed by atoms with Crippen LogP contribution < -0.4 is 9.47 Å². The first kappa shape index (κ1) is 21.2. The van der Waals surface area contributed by atoms with E-state index in [1.807, 2.05) is 37.3 Å². The second kappa shape index (κ2) is 9.01. The molecule has 2 aromatic carbocycles. The minimum absolute atomic E-state index is 0.0351. The normalized spacial score (nSPS) is 15.9. The number of methoxy groups -OCH3 is 1. The second-order valence-corrected chi connectivity index (χ2v) is 7.23. The number of Topliss-reactive ketones (excluding diaryl/α,β-unsaturated/α-hetero) is 1. The maximum absolute atomic E-state index is 13.2. The topological polar surface area (TPSA) is 89.2 Å². The largest absolute Gasteiger partial charge is 0.503 e. The van der Waals surface area contributed by atoms with Gasteiger partial charge in [0.2, 0.25) is 5.78 Å². The Hall–Kier alpha value is -4.00. The van der Waals surface area contributed by atoms with Crippen LogP contribution in [-0.4, -0.2) is 35.4 Å². The van der Waals surface area contributed by atoms with Crippen LogP contribution in [0.4, 0.5) is 0 Å². The molecule has 32 heavy (non-hydrogen) atoms. The Morgan fingerprint density at radius 2 is 1.88 bits per heavy atom. The highest BCUT2D eigenvalue weighted by atomic mass is 16.5. The van der Waals surface area contributed by atoms with E-state index in [0.29, 0.717) is 23.7 Å². The molecule has 3 aromatic rings. The van der Waals surface area contributed by atoms with Gasteiger partial charge in [0.05, 0.1) is 31.6 Å². The fourth-order valence-corrected chi connectivity index (χ4v) is 3.84. The second-order valence-electron chi connectivity index (χ2n) is 7.23. The zero-order valence-corrected chi connectivity index (χ0v) is 17.8. The number of hydrogen-bond acceptors (Lipinski definition) is 6. The van der Waals surface area contributed by atoms with Crippen LogP contribution in [0.15, 0.2) is 82.7 Å². The Labute approximate surface area is 185 Å². The number of ketones is 1. The summed E-state index contributed by atoms with van der Waals surface area (Å²) in [5.74, 6) is -0.697. The molecule has 0 aliphatic carbocycles. The molecular weight excluding hydrogens is 410 g/mol. The minimum Gasteiger partial charge on any atom is -0.503 e. The van der Waals surface area contributed by atoms with Gasteiger partial charge in [-0.05, 0) is 42.3 Å². The van der Waals surface area contributed by atoms with E-state index in [1.165, 1.54) is 24.3 Å². The van der Waals surface area contributed by atoms with Crippen molar-refractivity contribution in [2.75, 3.05) is 13.7 Å². The third-order valence-corrected chi connectivity index (χ3v) is 5.29. The van der Waals surface area contributed by atoms with Gasteiger partial charge in [0.1, 0.15) is 0 Å². The zero-order valence-electron chi connectivity index (χ0n) is 17.8.